The molecular weight excluding hydrogens is 192 g/mol. The van der Waals surface area contributed by atoms with Gasteiger partial charge in [0.05, 0.1) is 0 Å². The van der Waals surface area contributed by atoms with Gasteiger partial charge in [0, 0.05) is 0 Å². The Morgan fingerprint density at radius 3 is 2.06 bits per heavy atom. The number of hydrogen-bond acceptors (Lipinski definition) is 0. The maximum atomic E-state index is 2.36. The van der Waals surface area contributed by atoms with Crippen LogP contribution in [-0.4, -0.2) is 0 Å². The van der Waals surface area contributed by atoms with E-state index in [1.165, 1.54) is 37.7 Å². The first-order chi connectivity index (χ1) is 7.83. The highest BCUT2D eigenvalue weighted by Crippen LogP contribution is 2.36. The molecule has 88 valence electrons. The van der Waals surface area contributed by atoms with E-state index in [1.807, 2.05) is 0 Å². The molecule has 0 saturated heterocycles. The normalized spacial score (nSPS) is 25.6. The molecule has 0 heterocycles. The molecule has 0 N–H and O–H groups in total. The van der Waals surface area contributed by atoms with Crippen LogP contribution in [0.3, 0.4) is 0 Å². The summed E-state index contributed by atoms with van der Waals surface area (Å²) in [5.41, 5.74) is 3.04. The second kappa shape index (κ2) is 5.52. The third kappa shape index (κ3) is 2.66. The van der Waals surface area contributed by atoms with Crippen molar-refractivity contribution in [3.63, 3.8) is 0 Å². The number of hydrogen-bond donors (Lipinski definition) is 0. The third-order valence-electron chi connectivity index (χ3n) is 4.28. The van der Waals surface area contributed by atoms with Gasteiger partial charge in [-0.05, 0) is 55.1 Å². The summed E-state index contributed by atoms with van der Waals surface area (Å²) in [5, 5.41) is 0. The summed E-state index contributed by atoms with van der Waals surface area (Å²) in [7, 11) is 0. The SMILES string of the molecule is CCc1ccc([C@H]2CC[C@H](CC)CC2)cc1. The van der Waals surface area contributed by atoms with Crippen molar-refractivity contribution in [2.24, 2.45) is 5.92 Å². The molecule has 0 spiro atoms. The van der Waals surface area contributed by atoms with Crippen LogP contribution >= 0.6 is 0 Å². The Morgan fingerprint density at radius 1 is 0.938 bits per heavy atom. The van der Waals surface area contributed by atoms with Gasteiger partial charge in [0.15, 0.2) is 0 Å². The molecule has 2 rings (SSSR count). The van der Waals surface area contributed by atoms with E-state index < -0.39 is 0 Å². The summed E-state index contributed by atoms with van der Waals surface area (Å²) >= 11 is 0. The summed E-state index contributed by atoms with van der Waals surface area (Å²) in [4.78, 5) is 0. The van der Waals surface area contributed by atoms with Gasteiger partial charge < -0.3 is 0 Å². The van der Waals surface area contributed by atoms with Gasteiger partial charge in [0.1, 0.15) is 0 Å². The minimum atomic E-state index is 0.841. The van der Waals surface area contributed by atoms with Crippen LogP contribution in [0.5, 0.6) is 0 Å². The fourth-order valence-electron chi connectivity index (χ4n) is 2.93. The van der Waals surface area contributed by atoms with Crippen molar-refractivity contribution in [2.75, 3.05) is 0 Å². The second-order valence-corrected chi connectivity index (χ2v) is 5.22. The lowest BCUT2D eigenvalue weighted by atomic mass is 9.78. The highest BCUT2D eigenvalue weighted by molar-refractivity contribution is 5.25. The van der Waals surface area contributed by atoms with Crippen molar-refractivity contribution in [3.05, 3.63) is 35.4 Å². The monoisotopic (exact) mass is 216 g/mol. The number of rotatable bonds is 3. The summed E-state index contributed by atoms with van der Waals surface area (Å²) in [6.07, 6.45) is 8.23. The van der Waals surface area contributed by atoms with Crippen LogP contribution in [-0.2, 0) is 6.42 Å². The Labute approximate surface area is 100 Å². The Bertz CT molecular complexity index is 301. The molecule has 1 aromatic rings. The molecule has 1 saturated carbocycles. The van der Waals surface area contributed by atoms with Crippen LogP contribution < -0.4 is 0 Å². The molecular formula is C16H24. The Morgan fingerprint density at radius 2 is 1.56 bits per heavy atom. The minimum absolute atomic E-state index is 0.841. The highest BCUT2D eigenvalue weighted by Gasteiger charge is 2.20. The van der Waals surface area contributed by atoms with Crippen LogP contribution in [0.4, 0.5) is 0 Å². The van der Waals surface area contributed by atoms with Crippen molar-refractivity contribution in [1.82, 2.24) is 0 Å². The Hall–Kier alpha value is -0.780. The molecule has 0 atom stereocenters. The molecule has 1 aromatic carbocycles. The lowest BCUT2D eigenvalue weighted by Gasteiger charge is -2.28. The summed E-state index contributed by atoms with van der Waals surface area (Å²) in [6.45, 7) is 4.56. The minimum Gasteiger partial charge on any atom is -0.0651 e. The van der Waals surface area contributed by atoms with Crippen molar-refractivity contribution < 1.29 is 0 Å². The predicted octanol–water partition coefficient (Wildman–Crippen LogP) is 4.93. The van der Waals surface area contributed by atoms with Crippen LogP contribution in [0.1, 0.15) is 63.0 Å². The molecule has 16 heavy (non-hydrogen) atoms. The lowest BCUT2D eigenvalue weighted by molar-refractivity contribution is 0.319. The average molecular weight is 216 g/mol. The van der Waals surface area contributed by atoms with Gasteiger partial charge in [0.25, 0.3) is 0 Å². The van der Waals surface area contributed by atoms with E-state index in [0.29, 0.717) is 0 Å². The van der Waals surface area contributed by atoms with Gasteiger partial charge in [0.2, 0.25) is 0 Å². The van der Waals surface area contributed by atoms with Crippen LogP contribution in [0.15, 0.2) is 24.3 Å². The summed E-state index contributed by atoms with van der Waals surface area (Å²) in [5.74, 6) is 1.85. The van der Waals surface area contributed by atoms with Crippen molar-refractivity contribution >= 4 is 0 Å². The van der Waals surface area contributed by atoms with Gasteiger partial charge in [-0.15, -0.1) is 0 Å². The van der Waals surface area contributed by atoms with Crippen LogP contribution in [0, 0.1) is 5.92 Å². The molecule has 0 amide bonds. The molecule has 0 unspecified atom stereocenters. The highest BCUT2D eigenvalue weighted by atomic mass is 14.3. The third-order valence-corrected chi connectivity index (χ3v) is 4.28. The quantitative estimate of drug-likeness (QED) is 0.672. The fraction of sp³-hybridized carbons (Fsp3) is 0.625. The second-order valence-electron chi connectivity index (χ2n) is 5.22. The van der Waals surface area contributed by atoms with Crippen LogP contribution in [0.25, 0.3) is 0 Å². The van der Waals surface area contributed by atoms with Crippen LogP contribution in [0.2, 0.25) is 0 Å². The summed E-state index contributed by atoms with van der Waals surface area (Å²) < 4.78 is 0. The van der Waals surface area contributed by atoms with Gasteiger partial charge in [-0.25, -0.2) is 0 Å². The molecule has 1 aliphatic carbocycles. The zero-order valence-corrected chi connectivity index (χ0v) is 10.7. The summed E-state index contributed by atoms with van der Waals surface area (Å²) in [6, 6.07) is 9.33. The van der Waals surface area contributed by atoms with Gasteiger partial charge in [-0.3, -0.25) is 0 Å². The molecule has 0 heteroatoms. The first-order valence-corrected chi connectivity index (χ1v) is 6.92. The molecule has 0 bridgehead atoms. The van der Waals surface area contributed by atoms with E-state index in [1.54, 1.807) is 5.56 Å². The zero-order chi connectivity index (χ0) is 11.4. The molecule has 0 aliphatic heterocycles. The van der Waals surface area contributed by atoms with E-state index in [9.17, 15) is 0 Å². The number of aryl methyl sites for hydroxylation is 1. The smallest absolute Gasteiger partial charge is 0.0162 e. The topological polar surface area (TPSA) is 0 Å². The predicted molar refractivity (Wildman–Crippen MR) is 70.8 cm³/mol. The van der Waals surface area contributed by atoms with E-state index in [4.69, 9.17) is 0 Å². The molecule has 0 radical (unpaired) electrons. The van der Waals surface area contributed by atoms with E-state index in [0.717, 1.165) is 18.3 Å². The van der Waals surface area contributed by atoms with E-state index in [-0.39, 0.29) is 0 Å². The number of benzene rings is 1. The fourth-order valence-corrected chi connectivity index (χ4v) is 2.93. The van der Waals surface area contributed by atoms with Crippen molar-refractivity contribution in [2.45, 2.75) is 58.3 Å². The molecule has 0 nitrogen and oxygen atoms in total. The molecule has 1 fully saturated rings. The first-order valence-electron chi connectivity index (χ1n) is 6.92. The average Bonchev–Trinajstić information content (AvgIpc) is 2.39. The maximum Gasteiger partial charge on any atom is -0.0162 e. The van der Waals surface area contributed by atoms with Gasteiger partial charge in [-0.2, -0.15) is 0 Å². The Kier molecular flexibility index (Phi) is 4.04. The largest absolute Gasteiger partial charge is 0.0651 e. The first kappa shape index (κ1) is 11.7. The lowest BCUT2D eigenvalue weighted by Crippen LogP contribution is -2.12. The zero-order valence-electron chi connectivity index (χ0n) is 10.7. The van der Waals surface area contributed by atoms with Gasteiger partial charge in [-0.1, -0.05) is 44.5 Å². The molecule has 0 aromatic heterocycles. The van der Waals surface area contributed by atoms with E-state index in [2.05, 4.69) is 38.1 Å². The van der Waals surface area contributed by atoms with Crippen molar-refractivity contribution in [3.8, 4) is 0 Å². The van der Waals surface area contributed by atoms with Gasteiger partial charge >= 0.3 is 0 Å². The maximum absolute atomic E-state index is 2.36. The van der Waals surface area contributed by atoms with E-state index >= 15 is 0 Å². The molecule has 1 aliphatic rings. The van der Waals surface area contributed by atoms with Crippen molar-refractivity contribution in [1.29, 1.82) is 0 Å². The standard InChI is InChI=1S/C16H24/c1-3-13-5-9-15(10-6-13)16-11-7-14(4-2)8-12-16/h5-6,9-10,14,16H,3-4,7-8,11-12H2,1-2H3/t14-,16-. The Balaban J connectivity index is 1.97.